The van der Waals surface area contributed by atoms with E-state index in [1.54, 1.807) is 38.3 Å². The molecule has 198 valence electrons. The van der Waals surface area contributed by atoms with E-state index in [4.69, 9.17) is 4.74 Å². The third-order valence-corrected chi connectivity index (χ3v) is 7.11. The Bertz CT molecular complexity index is 1140. The molecule has 0 bridgehead atoms. The smallest absolute Gasteiger partial charge is 0.242 e. The maximum Gasteiger partial charge on any atom is 0.242 e. The van der Waals surface area contributed by atoms with Crippen LogP contribution in [0.4, 0.5) is 10.1 Å². The summed E-state index contributed by atoms with van der Waals surface area (Å²) in [5, 5.41) is 2.91. The molecule has 0 fully saturated rings. The van der Waals surface area contributed by atoms with Crippen LogP contribution in [0.5, 0.6) is 5.75 Å². The fourth-order valence-electron chi connectivity index (χ4n) is 3.65. The minimum absolute atomic E-state index is 0.0224. The number of methoxy groups -OCH3 is 1. The molecule has 0 saturated heterocycles. The van der Waals surface area contributed by atoms with Crippen molar-refractivity contribution in [1.29, 1.82) is 0 Å². The van der Waals surface area contributed by atoms with Crippen molar-refractivity contribution in [2.75, 3.05) is 24.2 Å². The number of halogens is 1. The molecule has 0 aromatic heterocycles. The SMILES string of the molecule is CC[C@H](C)NC(=O)[C@@H](C)N(Cc1cccc(OC)c1)C(=O)CCCN(c1ccccc1F)S(C)(=O)=O. The molecule has 0 unspecified atom stereocenters. The lowest BCUT2D eigenvalue weighted by molar-refractivity contribution is -0.140. The van der Waals surface area contributed by atoms with Crippen molar-refractivity contribution < 1.29 is 27.1 Å². The van der Waals surface area contributed by atoms with Gasteiger partial charge in [-0.15, -0.1) is 0 Å². The van der Waals surface area contributed by atoms with Gasteiger partial charge in [-0.05, 0) is 56.5 Å². The Morgan fingerprint density at radius 2 is 1.81 bits per heavy atom. The van der Waals surface area contributed by atoms with Crippen molar-refractivity contribution in [3.63, 3.8) is 0 Å². The van der Waals surface area contributed by atoms with Gasteiger partial charge in [-0.3, -0.25) is 13.9 Å². The van der Waals surface area contributed by atoms with Crippen molar-refractivity contribution >= 4 is 27.5 Å². The third kappa shape index (κ3) is 8.22. The first kappa shape index (κ1) is 29.1. The molecule has 36 heavy (non-hydrogen) atoms. The minimum Gasteiger partial charge on any atom is -0.497 e. The summed E-state index contributed by atoms with van der Waals surface area (Å²) in [5.74, 6) is -0.620. The molecule has 0 aliphatic heterocycles. The molecule has 2 atom stereocenters. The van der Waals surface area contributed by atoms with Crippen LogP contribution in [0, 0.1) is 5.82 Å². The van der Waals surface area contributed by atoms with E-state index in [2.05, 4.69) is 5.32 Å². The molecule has 0 spiro atoms. The number of nitrogens with one attached hydrogen (secondary N) is 1. The average molecular weight is 522 g/mol. The van der Waals surface area contributed by atoms with Gasteiger partial charge < -0.3 is 15.0 Å². The molecule has 2 aromatic carbocycles. The zero-order chi connectivity index (χ0) is 26.9. The Hall–Kier alpha value is -3.14. The molecule has 2 rings (SSSR count). The second-order valence-electron chi connectivity index (χ2n) is 8.76. The summed E-state index contributed by atoms with van der Waals surface area (Å²) in [6.07, 6.45) is 1.87. The van der Waals surface area contributed by atoms with Crippen LogP contribution < -0.4 is 14.4 Å². The normalized spacial score (nSPS) is 12.9. The van der Waals surface area contributed by atoms with Crippen LogP contribution in [0.2, 0.25) is 0 Å². The summed E-state index contributed by atoms with van der Waals surface area (Å²) >= 11 is 0. The van der Waals surface area contributed by atoms with Crippen molar-refractivity contribution in [3.05, 3.63) is 59.9 Å². The van der Waals surface area contributed by atoms with Gasteiger partial charge in [0, 0.05) is 25.6 Å². The van der Waals surface area contributed by atoms with E-state index in [9.17, 15) is 22.4 Å². The molecule has 2 amide bonds. The number of anilines is 1. The number of sulfonamides is 1. The van der Waals surface area contributed by atoms with Crippen LogP contribution in [0.15, 0.2) is 48.5 Å². The number of benzene rings is 2. The lowest BCUT2D eigenvalue weighted by Crippen LogP contribution is -2.49. The molecule has 0 aliphatic rings. The molecule has 8 nitrogen and oxygen atoms in total. The summed E-state index contributed by atoms with van der Waals surface area (Å²) < 4.78 is 45.2. The number of hydrogen-bond acceptors (Lipinski definition) is 5. The molecule has 2 aromatic rings. The Morgan fingerprint density at radius 3 is 2.42 bits per heavy atom. The highest BCUT2D eigenvalue weighted by atomic mass is 32.2. The first-order chi connectivity index (χ1) is 17.0. The maximum atomic E-state index is 14.3. The molecular formula is C26H36FN3O5S. The van der Waals surface area contributed by atoms with E-state index >= 15 is 0 Å². The van der Waals surface area contributed by atoms with Gasteiger partial charge in [0.05, 0.1) is 19.1 Å². The van der Waals surface area contributed by atoms with E-state index in [0.29, 0.717) is 5.75 Å². The van der Waals surface area contributed by atoms with E-state index in [-0.39, 0.29) is 49.5 Å². The summed E-state index contributed by atoms with van der Waals surface area (Å²) in [6, 6.07) is 12.0. The van der Waals surface area contributed by atoms with Crippen molar-refractivity contribution in [2.24, 2.45) is 0 Å². The highest BCUT2D eigenvalue weighted by Crippen LogP contribution is 2.22. The second-order valence-corrected chi connectivity index (χ2v) is 10.7. The highest BCUT2D eigenvalue weighted by molar-refractivity contribution is 7.92. The fraction of sp³-hybridized carbons (Fsp3) is 0.462. The Balaban J connectivity index is 2.20. The van der Waals surface area contributed by atoms with E-state index < -0.39 is 21.9 Å². The van der Waals surface area contributed by atoms with Crippen LogP contribution in [0.3, 0.4) is 0 Å². The zero-order valence-corrected chi connectivity index (χ0v) is 22.3. The molecule has 10 heteroatoms. The Labute approximate surface area is 213 Å². The average Bonchev–Trinajstić information content (AvgIpc) is 2.84. The summed E-state index contributed by atoms with van der Waals surface area (Å²) in [7, 11) is -2.22. The van der Waals surface area contributed by atoms with E-state index in [1.165, 1.54) is 23.1 Å². The highest BCUT2D eigenvalue weighted by Gasteiger charge is 2.27. The van der Waals surface area contributed by atoms with Crippen molar-refractivity contribution in [3.8, 4) is 5.75 Å². The van der Waals surface area contributed by atoms with Gasteiger partial charge in [0.1, 0.15) is 17.6 Å². The Morgan fingerprint density at radius 1 is 1.11 bits per heavy atom. The van der Waals surface area contributed by atoms with Gasteiger partial charge in [0.15, 0.2) is 0 Å². The third-order valence-electron chi connectivity index (χ3n) is 5.93. The van der Waals surface area contributed by atoms with Gasteiger partial charge in [0.25, 0.3) is 0 Å². The first-order valence-corrected chi connectivity index (χ1v) is 13.8. The minimum atomic E-state index is -3.77. The summed E-state index contributed by atoms with van der Waals surface area (Å²) in [6.45, 7) is 5.61. The number of carbonyl (C=O) groups excluding carboxylic acids is 2. The van der Waals surface area contributed by atoms with Gasteiger partial charge >= 0.3 is 0 Å². The number of carbonyl (C=O) groups is 2. The lowest BCUT2D eigenvalue weighted by Gasteiger charge is -2.30. The molecule has 0 aliphatic carbocycles. The van der Waals surface area contributed by atoms with Crippen LogP contribution in [-0.4, -0.2) is 57.1 Å². The number of ether oxygens (including phenoxy) is 1. The summed E-state index contributed by atoms with van der Waals surface area (Å²) in [4.78, 5) is 27.6. The van der Waals surface area contributed by atoms with Gasteiger partial charge in [-0.2, -0.15) is 0 Å². The van der Waals surface area contributed by atoms with Crippen molar-refractivity contribution in [1.82, 2.24) is 10.2 Å². The van der Waals surface area contributed by atoms with Gasteiger partial charge in [-0.25, -0.2) is 12.8 Å². The standard InChI is InChI=1S/C26H36FN3O5S/c1-6-19(2)28-26(32)20(3)29(18-21-11-9-12-22(17-21)35-4)25(31)15-10-16-30(36(5,33)34)24-14-8-7-13-23(24)27/h7-9,11-14,17,19-20H,6,10,15-16,18H2,1-5H3,(H,28,32)/t19-,20+/m0/s1. The quantitative estimate of drug-likeness (QED) is 0.434. The van der Waals surface area contributed by atoms with E-state index in [0.717, 1.165) is 22.5 Å². The molecule has 0 saturated carbocycles. The summed E-state index contributed by atoms with van der Waals surface area (Å²) in [5.41, 5.74) is 0.719. The predicted molar refractivity (Wildman–Crippen MR) is 139 cm³/mol. The number of rotatable bonds is 13. The largest absolute Gasteiger partial charge is 0.497 e. The number of nitrogens with zero attached hydrogens (tertiary/aromatic N) is 2. The first-order valence-electron chi connectivity index (χ1n) is 11.9. The maximum absolute atomic E-state index is 14.3. The van der Waals surface area contributed by atoms with E-state index in [1.807, 2.05) is 19.9 Å². The van der Waals surface area contributed by atoms with Crippen molar-refractivity contribution in [2.45, 2.75) is 58.7 Å². The van der Waals surface area contributed by atoms with Gasteiger partial charge in [0.2, 0.25) is 21.8 Å². The van der Waals surface area contributed by atoms with Crippen LogP contribution in [0.25, 0.3) is 0 Å². The van der Waals surface area contributed by atoms with Gasteiger partial charge in [-0.1, -0.05) is 31.2 Å². The molecule has 0 radical (unpaired) electrons. The fourth-order valence-corrected chi connectivity index (χ4v) is 4.62. The number of hydrogen-bond donors (Lipinski definition) is 1. The number of para-hydroxylation sites is 1. The topological polar surface area (TPSA) is 96.0 Å². The second kappa shape index (κ2) is 13.2. The predicted octanol–water partition coefficient (Wildman–Crippen LogP) is 3.71. The van der Waals surface area contributed by atoms with Crippen LogP contribution in [0.1, 0.15) is 45.6 Å². The monoisotopic (exact) mass is 521 g/mol. The molecular weight excluding hydrogens is 485 g/mol. The Kier molecular flexibility index (Phi) is 10.7. The van der Waals surface area contributed by atoms with Crippen LogP contribution in [-0.2, 0) is 26.2 Å². The number of amides is 2. The lowest BCUT2D eigenvalue weighted by atomic mass is 10.1. The van der Waals surface area contributed by atoms with Crippen LogP contribution >= 0.6 is 0 Å². The molecule has 0 heterocycles. The molecule has 1 N–H and O–H groups in total. The zero-order valence-electron chi connectivity index (χ0n) is 21.5.